The molecule has 138 valence electrons. The van der Waals surface area contributed by atoms with E-state index in [1.54, 1.807) is 42.5 Å². The summed E-state index contributed by atoms with van der Waals surface area (Å²) in [4.78, 5) is 25.1. The fraction of sp³-hybridized carbons (Fsp3) is 0.0435. The molecule has 4 nitrogen and oxygen atoms in total. The molecule has 0 saturated carbocycles. The lowest BCUT2D eigenvalue weighted by molar-refractivity contribution is 0.102. The first-order valence-corrected chi connectivity index (χ1v) is 9.10. The molecule has 0 unspecified atom stereocenters. The summed E-state index contributed by atoms with van der Waals surface area (Å²) in [5, 5.41) is 3.71. The Balaban J connectivity index is 1.69. The number of fused-ring (bicyclic) bond motifs is 1. The summed E-state index contributed by atoms with van der Waals surface area (Å²) in [5.41, 5.74) is 2.95. The topological polar surface area (TPSA) is 59.3 Å². The third-order valence-electron chi connectivity index (χ3n) is 4.40. The van der Waals surface area contributed by atoms with Gasteiger partial charge in [0.2, 0.25) is 0 Å². The van der Waals surface area contributed by atoms with Crippen LogP contribution in [0.4, 0.5) is 5.69 Å². The smallest absolute Gasteiger partial charge is 0.255 e. The highest BCUT2D eigenvalue weighted by atomic mass is 35.5. The molecular weight excluding hydrogens is 374 g/mol. The molecule has 0 bridgehead atoms. The Kier molecular flexibility index (Phi) is 4.72. The van der Waals surface area contributed by atoms with Gasteiger partial charge in [0, 0.05) is 22.9 Å². The monoisotopic (exact) mass is 389 g/mol. The summed E-state index contributed by atoms with van der Waals surface area (Å²) in [7, 11) is 0. The summed E-state index contributed by atoms with van der Waals surface area (Å²) in [6.07, 6.45) is 0. The van der Waals surface area contributed by atoms with Crippen LogP contribution >= 0.6 is 11.6 Å². The molecule has 1 amide bonds. The van der Waals surface area contributed by atoms with E-state index in [1.807, 2.05) is 31.2 Å². The van der Waals surface area contributed by atoms with E-state index in [0.29, 0.717) is 38.6 Å². The molecule has 1 N–H and O–H groups in total. The standard InChI is InChI=1S/C23H16ClNO3/c1-14-5-4-6-15(11-14)23(27)25-16-9-10-21-18(12-16)20(26)13-22(28-21)17-7-2-3-8-19(17)24/h2-13H,1H3,(H,25,27). The summed E-state index contributed by atoms with van der Waals surface area (Å²) in [6, 6.07) is 20.9. The molecule has 3 aromatic carbocycles. The van der Waals surface area contributed by atoms with Crippen LogP contribution in [0.5, 0.6) is 0 Å². The van der Waals surface area contributed by atoms with Gasteiger partial charge in [0.1, 0.15) is 11.3 Å². The number of nitrogens with one attached hydrogen (secondary N) is 1. The molecule has 0 radical (unpaired) electrons. The molecule has 0 spiro atoms. The third kappa shape index (κ3) is 3.55. The summed E-state index contributed by atoms with van der Waals surface area (Å²) >= 11 is 6.20. The first-order chi connectivity index (χ1) is 13.5. The number of rotatable bonds is 3. The Bertz CT molecular complexity index is 1260. The zero-order valence-electron chi connectivity index (χ0n) is 15.0. The van der Waals surface area contributed by atoms with E-state index >= 15 is 0 Å². The Labute approximate surface area is 166 Å². The number of benzene rings is 3. The highest BCUT2D eigenvalue weighted by Crippen LogP contribution is 2.29. The Hall–Kier alpha value is -3.37. The van der Waals surface area contributed by atoms with Crippen molar-refractivity contribution >= 4 is 34.2 Å². The summed E-state index contributed by atoms with van der Waals surface area (Å²) in [5.74, 6) is 0.166. The van der Waals surface area contributed by atoms with Gasteiger partial charge in [-0.05, 0) is 49.4 Å². The van der Waals surface area contributed by atoms with Crippen LogP contribution < -0.4 is 10.7 Å². The van der Waals surface area contributed by atoms with Gasteiger partial charge >= 0.3 is 0 Å². The molecule has 0 aliphatic heterocycles. The average Bonchev–Trinajstić information content (AvgIpc) is 2.68. The quantitative estimate of drug-likeness (QED) is 0.490. The lowest BCUT2D eigenvalue weighted by atomic mass is 10.1. The molecule has 4 rings (SSSR count). The second-order valence-corrected chi connectivity index (χ2v) is 6.90. The number of hydrogen-bond acceptors (Lipinski definition) is 3. The van der Waals surface area contributed by atoms with E-state index in [1.165, 1.54) is 6.07 Å². The molecule has 5 heteroatoms. The highest BCUT2D eigenvalue weighted by molar-refractivity contribution is 6.33. The van der Waals surface area contributed by atoms with Gasteiger partial charge in [-0.15, -0.1) is 0 Å². The first kappa shape index (κ1) is 18.0. The van der Waals surface area contributed by atoms with Crippen LogP contribution in [0.15, 0.2) is 82.0 Å². The van der Waals surface area contributed by atoms with Gasteiger partial charge in [0.25, 0.3) is 5.91 Å². The molecular formula is C23H16ClNO3. The van der Waals surface area contributed by atoms with Crippen molar-refractivity contribution in [1.82, 2.24) is 0 Å². The molecule has 1 aromatic heterocycles. The van der Waals surface area contributed by atoms with E-state index in [4.69, 9.17) is 16.0 Å². The van der Waals surface area contributed by atoms with Gasteiger partial charge in [-0.3, -0.25) is 9.59 Å². The zero-order valence-corrected chi connectivity index (χ0v) is 15.8. The van der Waals surface area contributed by atoms with E-state index in [9.17, 15) is 9.59 Å². The van der Waals surface area contributed by atoms with Crippen LogP contribution in [-0.4, -0.2) is 5.91 Å². The lowest BCUT2D eigenvalue weighted by Crippen LogP contribution is -2.12. The van der Waals surface area contributed by atoms with Crippen molar-refractivity contribution in [3.63, 3.8) is 0 Å². The summed E-state index contributed by atoms with van der Waals surface area (Å²) in [6.45, 7) is 1.93. The van der Waals surface area contributed by atoms with Gasteiger partial charge < -0.3 is 9.73 Å². The number of anilines is 1. The number of hydrogen-bond donors (Lipinski definition) is 1. The van der Waals surface area contributed by atoms with E-state index < -0.39 is 0 Å². The van der Waals surface area contributed by atoms with Crippen molar-refractivity contribution in [3.8, 4) is 11.3 Å². The van der Waals surface area contributed by atoms with Crippen molar-refractivity contribution in [1.29, 1.82) is 0 Å². The minimum Gasteiger partial charge on any atom is -0.456 e. The van der Waals surface area contributed by atoms with Gasteiger partial charge in [-0.25, -0.2) is 0 Å². The second kappa shape index (κ2) is 7.33. The third-order valence-corrected chi connectivity index (χ3v) is 4.73. The number of halogens is 1. The molecule has 0 fully saturated rings. The maximum absolute atomic E-state index is 12.6. The van der Waals surface area contributed by atoms with Crippen molar-refractivity contribution in [2.24, 2.45) is 0 Å². The normalized spacial score (nSPS) is 10.8. The van der Waals surface area contributed by atoms with E-state index in [2.05, 4.69) is 5.32 Å². The number of aryl methyl sites for hydroxylation is 1. The Morgan fingerprint density at radius 2 is 1.79 bits per heavy atom. The van der Waals surface area contributed by atoms with Crippen molar-refractivity contribution < 1.29 is 9.21 Å². The predicted molar refractivity (Wildman–Crippen MR) is 112 cm³/mol. The minimum absolute atomic E-state index is 0.206. The van der Waals surface area contributed by atoms with Gasteiger partial charge in [0.15, 0.2) is 5.43 Å². The predicted octanol–water partition coefficient (Wildman–Crippen LogP) is 5.67. The Morgan fingerprint density at radius 3 is 2.57 bits per heavy atom. The number of amides is 1. The highest BCUT2D eigenvalue weighted by Gasteiger charge is 2.12. The van der Waals surface area contributed by atoms with Crippen LogP contribution in [-0.2, 0) is 0 Å². The largest absolute Gasteiger partial charge is 0.456 e. The van der Waals surface area contributed by atoms with E-state index in [0.717, 1.165) is 5.56 Å². The molecule has 1 heterocycles. The molecule has 28 heavy (non-hydrogen) atoms. The fourth-order valence-electron chi connectivity index (χ4n) is 3.02. The molecule has 0 aliphatic carbocycles. The van der Waals surface area contributed by atoms with Gasteiger partial charge in [0.05, 0.1) is 10.4 Å². The molecule has 0 atom stereocenters. The van der Waals surface area contributed by atoms with Crippen molar-refractivity contribution in [2.45, 2.75) is 6.92 Å². The van der Waals surface area contributed by atoms with Crippen molar-refractivity contribution in [2.75, 3.05) is 5.32 Å². The van der Waals surface area contributed by atoms with Crippen LogP contribution in [0, 0.1) is 6.92 Å². The maximum Gasteiger partial charge on any atom is 0.255 e. The lowest BCUT2D eigenvalue weighted by Gasteiger charge is -2.08. The minimum atomic E-state index is -0.236. The SMILES string of the molecule is Cc1cccc(C(=O)Nc2ccc3oc(-c4ccccc4Cl)cc(=O)c3c2)c1. The molecule has 0 aliphatic rings. The number of carbonyl (C=O) groups is 1. The van der Waals surface area contributed by atoms with Gasteiger partial charge in [-0.2, -0.15) is 0 Å². The molecule has 4 aromatic rings. The maximum atomic E-state index is 12.6. The summed E-state index contributed by atoms with van der Waals surface area (Å²) < 4.78 is 5.87. The molecule has 0 saturated heterocycles. The zero-order chi connectivity index (χ0) is 19.7. The second-order valence-electron chi connectivity index (χ2n) is 6.49. The van der Waals surface area contributed by atoms with Gasteiger partial charge in [-0.1, -0.05) is 41.4 Å². The van der Waals surface area contributed by atoms with Crippen molar-refractivity contribution in [3.05, 3.63) is 99.2 Å². The first-order valence-electron chi connectivity index (χ1n) is 8.72. The van der Waals surface area contributed by atoms with Crippen LogP contribution in [0.2, 0.25) is 5.02 Å². The van der Waals surface area contributed by atoms with Crippen LogP contribution in [0.25, 0.3) is 22.3 Å². The number of carbonyl (C=O) groups excluding carboxylic acids is 1. The van der Waals surface area contributed by atoms with E-state index in [-0.39, 0.29) is 11.3 Å². The average molecular weight is 390 g/mol. The fourth-order valence-corrected chi connectivity index (χ4v) is 3.25. The van der Waals surface area contributed by atoms with Crippen LogP contribution in [0.3, 0.4) is 0 Å². The van der Waals surface area contributed by atoms with Crippen LogP contribution in [0.1, 0.15) is 15.9 Å². The Morgan fingerprint density at radius 1 is 0.964 bits per heavy atom.